The molecular formula is C24H15F3N2O3. The Kier molecular flexibility index (Phi) is 5.36. The van der Waals surface area contributed by atoms with Gasteiger partial charge in [-0.15, -0.1) is 0 Å². The maximum atomic E-state index is 13.5. The van der Waals surface area contributed by atoms with Crippen molar-refractivity contribution in [2.75, 3.05) is 5.32 Å². The minimum atomic E-state index is -4.57. The summed E-state index contributed by atoms with van der Waals surface area (Å²) in [6.45, 7) is 0. The van der Waals surface area contributed by atoms with Gasteiger partial charge in [0.25, 0.3) is 5.91 Å². The van der Waals surface area contributed by atoms with Crippen LogP contribution < -0.4 is 5.32 Å². The molecule has 0 aliphatic carbocycles. The molecule has 0 aliphatic heterocycles. The van der Waals surface area contributed by atoms with E-state index in [0.29, 0.717) is 10.9 Å². The lowest BCUT2D eigenvalue weighted by atomic mass is 9.94. The number of hydrogen-bond donors (Lipinski definition) is 2. The zero-order chi connectivity index (χ0) is 22.9. The van der Waals surface area contributed by atoms with Crippen molar-refractivity contribution in [2.24, 2.45) is 0 Å². The lowest BCUT2D eigenvalue weighted by molar-refractivity contribution is -0.137. The number of carbonyl (C=O) groups is 2. The highest BCUT2D eigenvalue weighted by molar-refractivity contribution is 6.09. The van der Waals surface area contributed by atoms with Gasteiger partial charge in [0.1, 0.15) is 5.82 Å². The molecule has 1 heterocycles. The number of nitrogens with one attached hydrogen (secondary N) is 1. The molecule has 4 aromatic rings. The van der Waals surface area contributed by atoms with Crippen LogP contribution in [0.1, 0.15) is 26.3 Å². The topological polar surface area (TPSA) is 79.3 Å². The largest absolute Gasteiger partial charge is 0.478 e. The highest BCUT2D eigenvalue weighted by Gasteiger charge is 2.34. The summed E-state index contributed by atoms with van der Waals surface area (Å²) < 4.78 is 40.5. The molecule has 3 aromatic carbocycles. The standard InChI is InChI=1S/C24H15F3N2O3/c25-24(26,27)19-8-4-3-6-17(19)16-5-1-2-7-18(16)22(30)29-21-12-10-14-13-15(23(31)32)9-11-20(14)28-21/h1-13H,(H,31,32)(H,28,29,30). The quantitative estimate of drug-likeness (QED) is 0.419. The van der Waals surface area contributed by atoms with Crippen molar-refractivity contribution < 1.29 is 27.9 Å². The van der Waals surface area contributed by atoms with E-state index in [2.05, 4.69) is 10.3 Å². The Morgan fingerprint density at radius 1 is 0.844 bits per heavy atom. The first-order valence-corrected chi connectivity index (χ1v) is 9.45. The maximum absolute atomic E-state index is 13.5. The van der Waals surface area contributed by atoms with E-state index >= 15 is 0 Å². The number of aromatic carboxylic acids is 1. The molecule has 0 radical (unpaired) electrons. The van der Waals surface area contributed by atoms with Crippen molar-refractivity contribution in [3.05, 3.63) is 95.6 Å². The Balaban J connectivity index is 1.69. The monoisotopic (exact) mass is 436 g/mol. The second kappa shape index (κ2) is 8.14. The number of carboxylic acid groups (broad SMARTS) is 1. The lowest BCUT2D eigenvalue weighted by Gasteiger charge is -2.15. The minimum Gasteiger partial charge on any atom is -0.478 e. The first-order chi connectivity index (χ1) is 15.2. The number of fused-ring (bicyclic) bond motifs is 1. The van der Waals surface area contributed by atoms with Crippen molar-refractivity contribution in [2.45, 2.75) is 6.18 Å². The average molecular weight is 436 g/mol. The number of halogens is 3. The summed E-state index contributed by atoms with van der Waals surface area (Å²) >= 11 is 0. The first kappa shape index (κ1) is 21.0. The smallest absolute Gasteiger partial charge is 0.417 e. The van der Waals surface area contributed by atoms with Gasteiger partial charge in [-0.2, -0.15) is 13.2 Å². The predicted molar refractivity (Wildman–Crippen MR) is 114 cm³/mol. The number of benzene rings is 3. The molecule has 0 fully saturated rings. The number of carboxylic acids is 1. The second-order valence-corrected chi connectivity index (χ2v) is 6.95. The van der Waals surface area contributed by atoms with Crippen molar-refractivity contribution >= 4 is 28.6 Å². The van der Waals surface area contributed by atoms with Gasteiger partial charge in [0.15, 0.2) is 0 Å². The van der Waals surface area contributed by atoms with Crippen LogP contribution in [0.25, 0.3) is 22.0 Å². The number of nitrogens with zero attached hydrogens (tertiary/aromatic N) is 1. The molecule has 1 amide bonds. The van der Waals surface area contributed by atoms with Crippen molar-refractivity contribution in [3.63, 3.8) is 0 Å². The van der Waals surface area contributed by atoms with Crippen molar-refractivity contribution in [1.82, 2.24) is 4.98 Å². The van der Waals surface area contributed by atoms with Gasteiger partial charge in [0.05, 0.1) is 16.6 Å². The van der Waals surface area contributed by atoms with E-state index in [-0.39, 0.29) is 28.1 Å². The van der Waals surface area contributed by atoms with Crippen molar-refractivity contribution in [3.8, 4) is 11.1 Å². The van der Waals surface area contributed by atoms with Crippen LogP contribution in [0.4, 0.5) is 19.0 Å². The zero-order valence-corrected chi connectivity index (χ0v) is 16.4. The Morgan fingerprint density at radius 2 is 1.53 bits per heavy atom. The number of hydrogen-bond acceptors (Lipinski definition) is 3. The SMILES string of the molecule is O=C(O)c1ccc2nc(NC(=O)c3ccccc3-c3ccccc3C(F)(F)F)ccc2c1. The van der Waals surface area contributed by atoms with E-state index in [4.69, 9.17) is 5.11 Å². The minimum absolute atomic E-state index is 0.0623. The summed E-state index contributed by atoms with van der Waals surface area (Å²) in [5.74, 6) is -1.50. The first-order valence-electron chi connectivity index (χ1n) is 9.45. The molecule has 1 aromatic heterocycles. The van der Waals surface area contributed by atoms with E-state index in [1.807, 2.05) is 0 Å². The Hall–Kier alpha value is -4.20. The van der Waals surface area contributed by atoms with Gasteiger partial charge in [0, 0.05) is 10.9 Å². The molecule has 4 rings (SSSR count). The third-order valence-corrected chi connectivity index (χ3v) is 4.87. The van der Waals surface area contributed by atoms with Crippen LogP contribution >= 0.6 is 0 Å². The predicted octanol–water partition coefficient (Wildman–Crippen LogP) is 5.87. The molecule has 0 unspecified atom stereocenters. The summed E-state index contributed by atoms with van der Waals surface area (Å²) in [6, 6.07) is 18.6. The van der Waals surface area contributed by atoms with Crippen molar-refractivity contribution in [1.29, 1.82) is 0 Å². The maximum Gasteiger partial charge on any atom is 0.417 e. The molecule has 32 heavy (non-hydrogen) atoms. The van der Waals surface area contributed by atoms with Gasteiger partial charge in [-0.3, -0.25) is 4.79 Å². The van der Waals surface area contributed by atoms with Crippen LogP contribution in [-0.4, -0.2) is 22.0 Å². The summed E-state index contributed by atoms with van der Waals surface area (Å²) in [5.41, 5.74) is -0.161. The molecule has 160 valence electrons. The van der Waals surface area contributed by atoms with Gasteiger partial charge in [0.2, 0.25) is 0 Å². The third kappa shape index (κ3) is 4.15. The Morgan fingerprint density at radius 3 is 2.25 bits per heavy atom. The fourth-order valence-electron chi connectivity index (χ4n) is 3.39. The molecule has 0 saturated carbocycles. The summed E-state index contributed by atoms with van der Waals surface area (Å²) in [7, 11) is 0. The second-order valence-electron chi connectivity index (χ2n) is 6.95. The van der Waals surface area contributed by atoms with E-state index in [0.717, 1.165) is 6.07 Å². The van der Waals surface area contributed by atoms with Crippen LogP contribution in [0.15, 0.2) is 78.9 Å². The van der Waals surface area contributed by atoms with E-state index in [1.165, 1.54) is 54.6 Å². The van der Waals surface area contributed by atoms with Crippen LogP contribution in [-0.2, 0) is 6.18 Å². The van der Waals surface area contributed by atoms with Crippen LogP contribution in [0.2, 0.25) is 0 Å². The van der Waals surface area contributed by atoms with E-state index < -0.39 is 23.6 Å². The molecule has 0 bridgehead atoms. The fourth-order valence-corrected chi connectivity index (χ4v) is 3.39. The lowest BCUT2D eigenvalue weighted by Crippen LogP contribution is -2.15. The summed E-state index contributed by atoms with van der Waals surface area (Å²) in [4.78, 5) is 28.3. The summed E-state index contributed by atoms with van der Waals surface area (Å²) in [6.07, 6.45) is -4.57. The highest BCUT2D eigenvalue weighted by atomic mass is 19.4. The van der Waals surface area contributed by atoms with E-state index in [9.17, 15) is 22.8 Å². The average Bonchev–Trinajstić information content (AvgIpc) is 2.78. The van der Waals surface area contributed by atoms with Crippen LogP contribution in [0, 0.1) is 0 Å². The molecule has 0 atom stereocenters. The molecule has 0 spiro atoms. The Labute approximate surface area is 180 Å². The molecule has 5 nitrogen and oxygen atoms in total. The molecular weight excluding hydrogens is 421 g/mol. The fraction of sp³-hybridized carbons (Fsp3) is 0.0417. The molecule has 0 aliphatic rings. The highest BCUT2D eigenvalue weighted by Crippen LogP contribution is 2.38. The zero-order valence-electron chi connectivity index (χ0n) is 16.4. The molecule has 8 heteroatoms. The number of pyridine rings is 1. The Bertz CT molecular complexity index is 1350. The van der Waals surface area contributed by atoms with Gasteiger partial charge in [-0.1, -0.05) is 36.4 Å². The molecule has 0 saturated heterocycles. The number of carbonyl (C=O) groups excluding carboxylic acids is 1. The number of amides is 1. The van der Waals surface area contributed by atoms with Crippen LogP contribution in [0.5, 0.6) is 0 Å². The van der Waals surface area contributed by atoms with Gasteiger partial charge < -0.3 is 10.4 Å². The number of alkyl halides is 3. The summed E-state index contributed by atoms with van der Waals surface area (Å²) in [5, 5.41) is 12.3. The van der Waals surface area contributed by atoms with E-state index in [1.54, 1.807) is 18.2 Å². The number of aromatic nitrogens is 1. The van der Waals surface area contributed by atoms with Gasteiger partial charge in [-0.05, 0) is 53.6 Å². The normalized spacial score (nSPS) is 11.3. The number of rotatable bonds is 4. The number of anilines is 1. The molecule has 2 N–H and O–H groups in total. The third-order valence-electron chi connectivity index (χ3n) is 4.87. The van der Waals surface area contributed by atoms with Gasteiger partial charge in [-0.25, -0.2) is 9.78 Å². The van der Waals surface area contributed by atoms with Crippen LogP contribution in [0.3, 0.4) is 0 Å². The van der Waals surface area contributed by atoms with Gasteiger partial charge >= 0.3 is 12.1 Å².